The predicted octanol–water partition coefficient (Wildman–Crippen LogP) is 2.08. The molecule has 126 valence electrons. The number of rotatable bonds is 2. The Labute approximate surface area is 148 Å². The summed E-state index contributed by atoms with van der Waals surface area (Å²) in [6, 6.07) is 17.4. The van der Waals surface area contributed by atoms with Crippen molar-refractivity contribution in [1.82, 2.24) is 9.36 Å². The third-order valence-corrected chi connectivity index (χ3v) is 4.46. The Kier molecular flexibility index (Phi) is 3.55. The fraction of sp³-hybridized carbons (Fsp3) is 0.0500. The van der Waals surface area contributed by atoms with E-state index in [1.807, 2.05) is 36.4 Å². The first-order valence-corrected chi connectivity index (χ1v) is 8.03. The smallest absolute Gasteiger partial charge is 0.279 e. The van der Waals surface area contributed by atoms with E-state index in [2.05, 4.69) is 0 Å². The van der Waals surface area contributed by atoms with Gasteiger partial charge in [0, 0.05) is 0 Å². The monoisotopic (exact) mass is 342 g/mol. The van der Waals surface area contributed by atoms with Crippen LogP contribution in [0.2, 0.25) is 0 Å². The van der Waals surface area contributed by atoms with Gasteiger partial charge < -0.3 is 5.73 Å². The molecule has 0 radical (unpaired) electrons. The molecule has 0 saturated heterocycles. The lowest BCUT2D eigenvalue weighted by Gasteiger charge is -2.13. The molecular formula is C20H14N4O2. The lowest BCUT2D eigenvalue weighted by molar-refractivity contribution is 0.551. The summed E-state index contributed by atoms with van der Waals surface area (Å²) < 4.78 is 2.35. The average molecular weight is 342 g/mol. The SMILES string of the molecule is N#CC1=C(N)n2c(=O)c3ccccc3c(=O)n2C1/C=C/c1ccccc1. The number of allylic oxidation sites excluding steroid dienone is 2. The van der Waals surface area contributed by atoms with E-state index in [0.29, 0.717) is 5.39 Å². The number of hydrogen-bond acceptors (Lipinski definition) is 4. The summed E-state index contributed by atoms with van der Waals surface area (Å²) in [7, 11) is 0. The fourth-order valence-corrected chi connectivity index (χ4v) is 3.21. The Morgan fingerprint density at radius 3 is 2.23 bits per heavy atom. The van der Waals surface area contributed by atoms with Gasteiger partial charge in [0.25, 0.3) is 11.1 Å². The van der Waals surface area contributed by atoms with E-state index < -0.39 is 11.6 Å². The Balaban J connectivity index is 1.99. The molecule has 6 heteroatoms. The number of aromatic nitrogens is 2. The van der Waals surface area contributed by atoms with Crippen molar-refractivity contribution in [3.05, 3.63) is 92.5 Å². The van der Waals surface area contributed by atoms with Crippen molar-refractivity contribution in [1.29, 1.82) is 5.26 Å². The van der Waals surface area contributed by atoms with Gasteiger partial charge in [-0.2, -0.15) is 9.94 Å². The van der Waals surface area contributed by atoms with Crippen molar-refractivity contribution in [2.24, 2.45) is 5.73 Å². The molecule has 2 heterocycles. The van der Waals surface area contributed by atoms with Crippen molar-refractivity contribution in [2.75, 3.05) is 0 Å². The maximum Gasteiger partial charge on any atom is 0.279 e. The van der Waals surface area contributed by atoms with E-state index in [4.69, 9.17) is 5.73 Å². The van der Waals surface area contributed by atoms with Crippen LogP contribution in [0.1, 0.15) is 11.6 Å². The van der Waals surface area contributed by atoms with Gasteiger partial charge >= 0.3 is 0 Å². The molecular weight excluding hydrogens is 328 g/mol. The number of nitriles is 1. The second kappa shape index (κ2) is 5.90. The summed E-state index contributed by atoms with van der Waals surface area (Å²) in [6.45, 7) is 0. The molecule has 2 N–H and O–H groups in total. The van der Waals surface area contributed by atoms with Crippen molar-refractivity contribution in [3.63, 3.8) is 0 Å². The van der Waals surface area contributed by atoms with Crippen molar-refractivity contribution in [3.8, 4) is 6.07 Å². The van der Waals surface area contributed by atoms with Crippen LogP contribution < -0.4 is 16.9 Å². The molecule has 26 heavy (non-hydrogen) atoms. The molecule has 6 nitrogen and oxygen atoms in total. The second-order valence-electron chi connectivity index (χ2n) is 5.94. The molecule has 4 rings (SSSR count). The maximum atomic E-state index is 13.0. The van der Waals surface area contributed by atoms with Crippen LogP contribution in [-0.2, 0) is 0 Å². The van der Waals surface area contributed by atoms with Gasteiger partial charge in [0.1, 0.15) is 23.5 Å². The first kappa shape index (κ1) is 15.7. The van der Waals surface area contributed by atoms with Crippen LogP contribution in [0.4, 0.5) is 0 Å². The third-order valence-electron chi connectivity index (χ3n) is 4.46. The van der Waals surface area contributed by atoms with Crippen LogP contribution in [0, 0.1) is 11.3 Å². The topological polar surface area (TPSA) is 93.8 Å². The molecule has 0 spiro atoms. The second-order valence-corrected chi connectivity index (χ2v) is 5.94. The largest absolute Gasteiger partial charge is 0.383 e. The van der Waals surface area contributed by atoms with Crippen molar-refractivity contribution in [2.45, 2.75) is 6.04 Å². The van der Waals surface area contributed by atoms with E-state index in [1.54, 1.807) is 36.4 Å². The minimum Gasteiger partial charge on any atom is -0.383 e. The Bertz CT molecular complexity index is 1240. The zero-order valence-corrected chi connectivity index (χ0v) is 13.7. The minimum atomic E-state index is -0.731. The highest BCUT2D eigenvalue weighted by molar-refractivity contribution is 5.81. The number of nitrogens with two attached hydrogens (primary N) is 1. The highest BCUT2D eigenvalue weighted by Crippen LogP contribution is 2.28. The van der Waals surface area contributed by atoms with Gasteiger partial charge in [-0.15, -0.1) is 0 Å². The number of hydrogen-bond donors (Lipinski definition) is 1. The molecule has 0 bridgehead atoms. The van der Waals surface area contributed by atoms with E-state index >= 15 is 0 Å². The van der Waals surface area contributed by atoms with Crippen molar-refractivity contribution >= 4 is 22.7 Å². The van der Waals surface area contributed by atoms with Gasteiger partial charge in [-0.1, -0.05) is 54.6 Å². The van der Waals surface area contributed by atoms with E-state index in [-0.39, 0.29) is 22.3 Å². The van der Waals surface area contributed by atoms with Crippen LogP contribution >= 0.6 is 0 Å². The van der Waals surface area contributed by atoms with Crippen LogP contribution in [0.25, 0.3) is 22.7 Å². The van der Waals surface area contributed by atoms with Crippen molar-refractivity contribution < 1.29 is 0 Å². The first-order valence-electron chi connectivity index (χ1n) is 8.03. The normalized spacial score (nSPS) is 16.2. The molecule has 0 aliphatic carbocycles. The fourth-order valence-electron chi connectivity index (χ4n) is 3.21. The summed E-state index contributed by atoms with van der Waals surface area (Å²) >= 11 is 0. The van der Waals surface area contributed by atoms with E-state index in [9.17, 15) is 14.9 Å². The minimum absolute atomic E-state index is 0.0111. The number of fused-ring (bicyclic) bond motifs is 2. The Hall–Kier alpha value is -3.85. The summed E-state index contributed by atoms with van der Waals surface area (Å²) in [5.41, 5.74) is 6.35. The third kappa shape index (κ3) is 2.19. The van der Waals surface area contributed by atoms with Gasteiger partial charge in [0.05, 0.1) is 10.8 Å². The maximum absolute atomic E-state index is 13.0. The summed E-state index contributed by atoms with van der Waals surface area (Å²) in [4.78, 5) is 25.8. The summed E-state index contributed by atoms with van der Waals surface area (Å²) in [5, 5.41) is 10.1. The molecule has 0 saturated carbocycles. The van der Waals surface area contributed by atoms with E-state index in [1.165, 1.54) is 4.68 Å². The van der Waals surface area contributed by atoms with Gasteiger partial charge in [-0.25, -0.2) is 4.68 Å². The van der Waals surface area contributed by atoms with Crippen LogP contribution in [0.5, 0.6) is 0 Å². The zero-order valence-electron chi connectivity index (χ0n) is 13.7. The highest BCUT2D eigenvalue weighted by atomic mass is 16.2. The standard InChI is InChI=1S/C20H14N4O2/c21-12-16-17(11-10-13-6-2-1-3-7-13)23-19(25)14-8-4-5-9-15(14)20(26)24(23)18(16)22/h1-11,17H,22H2/b11-10+. The van der Waals surface area contributed by atoms with E-state index in [0.717, 1.165) is 10.2 Å². The van der Waals surface area contributed by atoms with Crippen LogP contribution in [0.3, 0.4) is 0 Å². The average Bonchev–Trinajstić information content (AvgIpc) is 2.97. The molecule has 1 aliphatic rings. The Morgan fingerprint density at radius 1 is 0.962 bits per heavy atom. The number of nitrogens with zero attached hydrogens (tertiary/aromatic N) is 3. The number of benzene rings is 2. The van der Waals surface area contributed by atoms with Gasteiger partial charge in [-0.05, 0) is 17.7 Å². The quantitative estimate of drug-likeness (QED) is 0.771. The lowest BCUT2D eigenvalue weighted by atomic mass is 10.1. The molecule has 3 aromatic rings. The molecule has 1 aromatic heterocycles. The molecule has 1 unspecified atom stereocenters. The molecule has 0 fully saturated rings. The molecule has 0 amide bonds. The summed E-state index contributed by atoms with van der Waals surface area (Å²) in [6.07, 6.45) is 3.51. The highest BCUT2D eigenvalue weighted by Gasteiger charge is 2.31. The first-order chi connectivity index (χ1) is 12.6. The Morgan fingerprint density at radius 2 is 1.58 bits per heavy atom. The zero-order chi connectivity index (χ0) is 18.3. The van der Waals surface area contributed by atoms with Gasteiger partial charge in [-0.3, -0.25) is 9.59 Å². The lowest BCUT2D eigenvalue weighted by Crippen LogP contribution is -2.37. The van der Waals surface area contributed by atoms with Gasteiger partial charge in [0.15, 0.2) is 0 Å². The van der Waals surface area contributed by atoms with Crippen LogP contribution in [-0.4, -0.2) is 9.36 Å². The molecule has 1 atom stereocenters. The summed E-state index contributed by atoms with van der Waals surface area (Å²) in [5.74, 6) is -0.0111. The van der Waals surface area contributed by atoms with Crippen LogP contribution in [0.15, 0.2) is 75.8 Å². The molecule has 1 aliphatic heterocycles. The van der Waals surface area contributed by atoms with Gasteiger partial charge in [0.2, 0.25) is 0 Å². The molecule has 2 aromatic carbocycles. The predicted molar refractivity (Wildman–Crippen MR) is 100.0 cm³/mol.